The zero-order chi connectivity index (χ0) is 9.03. The lowest BCUT2D eigenvalue weighted by atomic mass is 9.86. The summed E-state index contributed by atoms with van der Waals surface area (Å²) in [7, 11) is 0. The summed E-state index contributed by atoms with van der Waals surface area (Å²) >= 11 is 0. The lowest BCUT2D eigenvalue weighted by Crippen LogP contribution is -2.25. The average molecular weight is 165 g/mol. The van der Waals surface area contributed by atoms with Gasteiger partial charge in [0.1, 0.15) is 0 Å². The van der Waals surface area contributed by atoms with Crippen molar-refractivity contribution in [1.29, 1.82) is 0 Å². The highest BCUT2D eigenvalue weighted by molar-refractivity contribution is 5.23. The molecule has 2 heteroatoms. The molecule has 0 spiro atoms. The van der Waals surface area contributed by atoms with Crippen LogP contribution in [-0.2, 0) is 10.3 Å². The Balaban J connectivity index is 2.82. The molecule has 0 atom stereocenters. The van der Waals surface area contributed by atoms with E-state index in [9.17, 15) is 0 Å². The van der Waals surface area contributed by atoms with Crippen LogP contribution in [0.5, 0.6) is 0 Å². The quantitative estimate of drug-likeness (QED) is 0.694. The molecule has 0 aliphatic carbocycles. The van der Waals surface area contributed by atoms with E-state index in [0.29, 0.717) is 6.61 Å². The molecule has 1 aromatic rings. The van der Waals surface area contributed by atoms with Gasteiger partial charge in [0.25, 0.3) is 0 Å². The molecule has 0 unspecified atom stereocenters. The maximum atomic E-state index is 5.05. The van der Waals surface area contributed by atoms with Gasteiger partial charge in [0.2, 0.25) is 0 Å². The molecule has 0 bridgehead atoms. The van der Waals surface area contributed by atoms with E-state index < -0.39 is 0 Å². The van der Waals surface area contributed by atoms with Gasteiger partial charge in [-0.05, 0) is 5.56 Å². The van der Waals surface area contributed by atoms with Gasteiger partial charge in [-0.15, -0.1) is 0 Å². The van der Waals surface area contributed by atoms with Crippen LogP contribution in [0, 0.1) is 0 Å². The molecule has 1 rings (SSSR count). The average Bonchev–Trinajstić information content (AvgIpc) is 2.06. The number of hydrogen-bond donors (Lipinski definition) is 1. The minimum absolute atomic E-state index is 0.00396. The molecule has 0 saturated heterocycles. The third-order valence-electron chi connectivity index (χ3n) is 2.00. The zero-order valence-corrected chi connectivity index (χ0v) is 7.58. The van der Waals surface area contributed by atoms with Gasteiger partial charge in [0.15, 0.2) is 0 Å². The van der Waals surface area contributed by atoms with Crippen molar-refractivity contribution in [3.05, 3.63) is 35.9 Å². The smallest absolute Gasteiger partial charge is 0.0770 e. The summed E-state index contributed by atoms with van der Waals surface area (Å²) in [5.41, 5.74) is 1.24. The fraction of sp³-hybridized carbons (Fsp3) is 0.400. The largest absolute Gasteiger partial charge is 0.304 e. The first-order chi connectivity index (χ1) is 5.67. The number of benzene rings is 1. The van der Waals surface area contributed by atoms with E-state index in [1.54, 1.807) is 0 Å². The number of rotatable bonds is 3. The van der Waals surface area contributed by atoms with E-state index in [-0.39, 0.29) is 5.41 Å². The number of nitrogens with two attached hydrogens (primary N) is 1. The highest BCUT2D eigenvalue weighted by atomic mass is 16.6. The molecule has 12 heavy (non-hydrogen) atoms. The van der Waals surface area contributed by atoms with Crippen LogP contribution in [0.2, 0.25) is 0 Å². The van der Waals surface area contributed by atoms with Gasteiger partial charge in [-0.2, -0.15) is 0 Å². The lowest BCUT2D eigenvalue weighted by Gasteiger charge is -2.23. The predicted octanol–water partition coefficient (Wildman–Crippen LogP) is 1.85. The molecule has 0 aliphatic rings. The molecule has 66 valence electrons. The molecule has 0 fully saturated rings. The molecule has 0 heterocycles. The normalized spacial score (nSPS) is 11.6. The Morgan fingerprint density at radius 2 is 1.83 bits per heavy atom. The van der Waals surface area contributed by atoms with E-state index in [0.717, 1.165) is 0 Å². The van der Waals surface area contributed by atoms with Gasteiger partial charge in [-0.3, -0.25) is 0 Å². The zero-order valence-electron chi connectivity index (χ0n) is 7.58. The van der Waals surface area contributed by atoms with Crippen molar-refractivity contribution in [2.45, 2.75) is 19.3 Å². The molecular formula is C10H15NO. The Morgan fingerprint density at radius 3 is 2.33 bits per heavy atom. The lowest BCUT2D eigenvalue weighted by molar-refractivity contribution is 0.0964. The summed E-state index contributed by atoms with van der Waals surface area (Å²) in [5, 5.41) is 0. The molecule has 2 N–H and O–H groups in total. The fourth-order valence-corrected chi connectivity index (χ4v) is 1.18. The van der Waals surface area contributed by atoms with Crippen LogP contribution in [0.4, 0.5) is 0 Å². The van der Waals surface area contributed by atoms with Gasteiger partial charge >= 0.3 is 0 Å². The standard InChI is InChI=1S/C10H15NO/c1-10(2,8-12-11)9-6-4-3-5-7-9/h3-7H,8,11H2,1-2H3. The summed E-state index contributed by atoms with van der Waals surface area (Å²) in [6.07, 6.45) is 0. The van der Waals surface area contributed by atoms with E-state index in [2.05, 4.69) is 30.8 Å². The molecule has 0 radical (unpaired) electrons. The molecule has 0 aliphatic heterocycles. The Morgan fingerprint density at radius 1 is 1.25 bits per heavy atom. The van der Waals surface area contributed by atoms with Crippen molar-refractivity contribution in [2.75, 3.05) is 6.61 Å². The minimum atomic E-state index is -0.00396. The molecule has 1 aromatic carbocycles. The summed E-state index contributed by atoms with van der Waals surface area (Å²) in [6, 6.07) is 10.2. The molecule has 0 saturated carbocycles. The predicted molar refractivity (Wildman–Crippen MR) is 49.6 cm³/mol. The Labute approximate surface area is 73.3 Å². The second-order valence-electron chi connectivity index (χ2n) is 3.56. The van der Waals surface area contributed by atoms with E-state index in [1.165, 1.54) is 5.56 Å². The second-order valence-corrected chi connectivity index (χ2v) is 3.56. The summed E-state index contributed by atoms with van der Waals surface area (Å²) in [5.74, 6) is 5.05. The van der Waals surface area contributed by atoms with Gasteiger partial charge < -0.3 is 4.84 Å². The molecule has 0 amide bonds. The van der Waals surface area contributed by atoms with Gasteiger partial charge in [-0.25, -0.2) is 5.90 Å². The topological polar surface area (TPSA) is 35.2 Å². The van der Waals surface area contributed by atoms with Crippen LogP contribution < -0.4 is 5.90 Å². The maximum Gasteiger partial charge on any atom is 0.0770 e. The molecule has 2 nitrogen and oxygen atoms in total. The van der Waals surface area contributed by atoms with Crippen LogP contribution in [-0.4, -0.2) is 6.61 Å². The summed E-state index contributed by atoms with van der Waals surface area (Å²) in [4.78, 5) is 4.66. The van der Waals surface area contributed by atoms with Gasteiger partial charge in [0, 0.05) is 5.41 Å². The van der Waals surface area contributed by atoms with Gasteiger partial charge in [-0.1, -0.05) is 44.2 Å². The van der Waals surface area contributed by atoms with E-state index in [1.807, 2.05) is 18.2 Å². The van der Waals surface area contributed by atoms with Gasteiger partial charge in [0.05, 0.1) is 6.61 Å². The van der Waals surface area contributed by atoms with Crippen LogP contribution in [0.1, 0.15) is 19.4 Å². The first-order valence-electron chi connectivity index (χ1n) is 4.04. The van der Waals surface area contributed by atoms with Crippen LogP contribution in [0.15, 0.2) is 30.3 Å². The fourth-order valence-electron chi connectivity index (χ4n) is 1.18. The Hall–Kier alpha value is -0.860. The van der Waals surface area contributed by atoms with E-state index in [4.69, 9.17) is 5.90 Å². The molecular weight excluding hydrogens is 150 g/mol. The number of hydrogen-bond acceptors (Lipinski definition) is 2. The first-order valence-corrected chi connectivity index (χ1v) is 4.04. The highest BCUT2D eigenvalue weighted by Gasteiger charge is 2.19. The van der Waals surface area contributed by atoms with Crippen LogP contribution in [0.3, 0.4) is 0 Å². The Bertz CT molecular complexity index is 231. The maximum absolute atomic E-state index is 5.05. The van der Waals surface area contributed by atoms with E-state index >= 15 is 0 Å². The Kier molecular flexibility index (Phi) is 2.84. The van der Waals surface area contributed by atoms with Crippen molar-refractivity contribution >= 4 is 0 Å². The first kappa shape index (κ1) is 9.23. The second kappa shape index (κ2) is 3.70. The van der Waals surface area contributed by atoms with Crippen molar-refractivity contribution in [1.82, 2.24) is 0 Å². The van der Waals surface area contributed by atoms with Crippen molar-refractivity contribution in [2.24, 2.45) is 5.90 Å². The van der Waals surface area contributed by atoms with Crippen LogP contribution in [0.25, 0.3) is 0 Å². The minimum Gasteiger partial charge on any atom is -0.304 e. The van der Waals surface area contributed by atoms with Crippen molar-refractivity contribution in [3.8, 4) is 0 Å². The summed E-state index contributed by atoms with van der Waals surface area (Å²) in [6.45, 7) is 4.75. The third kappa shape index (κ3) is 2.06. The SMILES string of the molecule is CC(C)(CON)c1ccccc1. The monoisotopic (exact) mass is 165 g/mol. The summed E-state index contributed by atoms with van der Waals surface area (Å²) < 4.78 is 0. The highest BCUT2D eigenvalue weighted by Crippen LogP contribution is 2.22. The van der Waals surface area contributed by atoms with Crippen molar-refractivity contribution < 1.29 is 4.84 Å². The molecule has 0 aromatic heterocycles. The van der Waals surface area contributed by atoms with Crippen molar-refractivity contribution in [3.63, 3.8) is 0 Å². The van der Waals surface area contributed by atoms with Crippen LogP contribution >= 0.6 is 0 Å². The third-order valence-corrected chi connectivity index (χ3v) is 2.00.